The van der Waals surface area contributed by atoms with Crippen molar-refractivity contribution < 1.29 is 14.3 Å². The van der Waals surface area contributed by atoms with Gasteiger partial charge in [-0.15, -0.1) is 0 Å². The molecular formula is C20H28ClN3O3. The third-order valence-electron chi connectivity index (χ3n) is 3.53. The SMILES string of the molecule is Cc1cc(NC(=O)OC(C)(C)C)nn1Cc1cc(Cl)ccc1OCC(C)C. The lowest BCUT2D eigenvalue weighted by atomic mass is 10.2. The minimum Gasteiger partial charge on any atom is -0.493 e. The van der Waals surface area contributed by atoms with Crippen LogP contribution in [0.15, 0.2) is 24.3 Å². The first-order valence-electron chi connectivity index (χ1n) is 8.99. The van der Waals surface area contributed by atoms with Crippen molar-refractivity contribution in [2.45, 2.75) is 53.7 Å². The number of anilines is 1. The van der Waals surface area contributed by atoms with Crippen molar-refractivity contribution in [3.8, 4) is 5.75 Å². The van der Waals surface area contributed by atoms with Gasteiger partial charge in [0.05, 0.1) is 13.2 Å². The molecule has 1 aromatic carbocycles. The molecule has 0 aliphatic rings. The molecule has 0 aliphatic carbocycles. The highest BCUT2D eigenvalue weighted by Crippen LogP contribution is 2.25. The van der Waals surface area contributed by atoms with Crippen molar-refractivity contribution in [2.75, 3.05) is 11.9 Å². The summed E-state index contributed by atoms with van der Waals surface area (Å²) < 4.78 is 13.0. The Morgan fingerprint density at radius 2 is 2.00 bits per heavy atom. The molecule has 1 heterocycles. The van der Waals surface area contributed by atoms with Crippen molar-refractivity contribution in [1.29, 1.82) is 0 Å². The van der Waals surface area contributed by atoms with Gasteiger partial charge >= 0.3 is 6.09 Å². The fourth-order valence-corrected chi connectivity index (χ4v) is 2.56. The van der Waals surface area contributed by atoms with Crippen LogP contribution in [-0.4, -0.2) is 28.1 Å². The van der Waals surface area contributed by atoms with Crippen LogP contribution < -0.4 is 10.1 Å². The van der Waals surface area contributed by atoms with E-state index in [2.05, 4.69) is 24.3 Å². The van der Waals surface area contributed by atoms with E-state index in [-0.39, 0.29) is 0 Å². The number of hydrogen-bond donors (Lipinski definition) is 1. The number of carbonyl (C=O) groups is 1. The molecule has 0 radical (unpaired) electrons. The fraction of sp³-hybridized carbons (Fsp3) is 0.500. The molecule has 2 aromatic rings. The maximum absolute atomic E-state index is 11.9. The predicted octanol–water partition coefficient (Wildman–Crippen LogP) is 5.28. The van der Waals surface area contributed by atoms with Crippen LogP contribution in [0.25, 0.3) is 0 Å². The zero-order chi connectivity index (χ0) is 20.2. The summed E-state index contributed by atoms with van der Waals surface area (Å²) in [4.78, 5) is 11.9. The van der Waals surface area contributed by atoms with Gasteiger partial charge in [0.15, 0.2) is 5.82 Å². The van der Waals surface area contributed by atoms with E-state index >= 15 is 0 Å². The summed E-state index contributed by atoms with van der Waals surface area (Å²) in [6.45, 7) is 12.7. The second kappa shape index (κ2) is 8.65. The van der Waals surface area contributed by atoms with Gasteiger partial charge < -0.3 is 9.47 Å². The van der Waals surface area contributed by atoms with E-state index < -0.39 is 11.7 Å². The maximum Gasteiger partial charge on any atom is 0.413 e. The molecule has 6 nitrogen and oxygen atoms in total. The monoisotopic (exact) mass is 393 g/mol. The number of benzene rings is 1. The summed E-state index contributed by atoms with van der Waals surface area (Å²) in [6, 6.07) is 7.35. The van der Waals surface area contributed by atoms with Crippen molar-refractivity contribution in [2.24, 2.45) is 5.92 Å². The van der Waals surface area contributed by atoms with E-state index in [0.29, 0.717) is 29.9 Å². The minimum atomic E-state index is -0.564. The lowest BCUT2D eigenvalue weighted by Crippen LogP contribution is -2.27. The zero-order valence-electron chi connectivity index (χ0n) is 16.8. The smallest absolute Gasteiger partial charge is 0.413 e. The van der Waals surface area contributed by atoms with Gasteiger partial charge in [0.2, 0.25) is 0 Å². The number of halogens is 1. The Bertz CT molecular complexity index is 794. The van der Waals surface area contributed by atoms with E-state index in [1.54, 1.807) is 10.7 Å². The first kappa shape index (κ1) is 21.1. The number of carbonyl (C=O) groups excluding carboxylic acids is 1. The number of ether oxygens (including phenoxy) is 2. The minimum absolute atomic E-state index is 0.421. The highest BCUT2D eigenvalue weighted by Gasteiger charge is 2.18. The Morgan fingerprint density at radius 3 is 2.63 bits per heavy atom. The Hall–Kier alpha value is -2.21. The normalized spacial score (nSPS) is 11.6. The van der Waals surface area contributed by atoms with Crippen LogP contribution in [0, 0.1) is 12.8 Å². The van der Waals surface area contributed by atoms with Crippen molar-refractivity contribution in [3.63, 3.8) is 0 Å². The molecule has 1 N–H and O–H groups in total. The number of nitrogens with zero attached hydrogens (tertiary/aromatic N) is 2. The van der Waals surface area contributed by atoms with Crippen LogP contribution in [0.5, 0.6) is 5.75 Å². The van der Waals surface area contributed by atoms with Gasteiger partial charge in [0.25, 0.3) is 0 Å². The standard InChI is InChI=1S/C20H28ClN3O3/c1-13(2)12-26-17-8-7-16(21)10-15(17)11-24-14(3)9-18(23-24)22-19(25)27-20(4,5)6/h7-10,13H,11-12H2,1-6H3,(H,22,23,25). The Balaban J connectivity index is 2.15. The van der Waals surface area contributed by atoms with E-state index in [4.69, 9.17) is 21.1 Å². The maximum atomic E-state index is 11.9. The second-order valence-corrected chi connectivity index (χ2v) is 8.35. The number of aromatic nitrogens is 2. The summed E-state index contributed by atoms with van der Waals surface area (Å²) >= 11 is 6.16. The number of rotatable bonds is 6. The number of aryl methyl sites for hydroxylation is 1. The van der Waals surface area contributed by atoms with Crippen LogP contribution in [0.4, 0.5) is 10.6 Å². The molecule has 0 bridgehead atoms. The molecule has 0 unspecified atom stereocenters. The molecule has 1 amide bonds. The highest BCUT2D eigenvalue weighted by atomic mass is 35.5. The van der Waals surface area contributed by atoms with Crippen LogP contribution in [0.2, 0.25) is 5.02 Å². The molecule has 0 aliphatic heterocycles. The van der Waals surface area contributed by atoms with Crippen LogP contribution in [-0.2, 0) is 11.3 Å². The van der Waals surface area contributed by atoms with E-state index in [0.717, 1.165) is 17.0 Å². The molecule has 0 spiro atoms. The molecule has 0 saturated carbocycles. The molecule has 27 heavy (non-hydrogen) atoms. The largest absolute Gasteiger partial charge is 0.493 e. The number of amides is 1. The lowest BCUT2D eigenvalue weighted by molar-refractivity contribution is 0.0635. The number of nitrogens with one attached hydrogen (secondary N) is 1. The molecule has 0 atom stereocenters. The van der Waals surface area contributed by atoms with E-state index in [1.165, 1.54) is 0 Å². The van der Waals surface area contributed by atoms with Crippen molar-refractivity contribution >= 4 is 23.5 Å². The predicted molar refractivity (Wildman–Crippen MR) is 108 cm³/mol. The summed E-state index contributed by atoms with van der Waals surface area (Å²) in [6.07, 6.45) is -0.532. The Morgan fingerprint density at radius 1 is 1.30 bits per heavy atom. The summed E-state index contributed by atoms with van der Waals surface area (Å²) in [5.41, 5.74) is 1.26. The Kier molecular flexibility index (Phi) is 6.76. The van der Waals surface area contributed by atoms with E-state index in [1.807, 2.05) is 45.9 Å². The van der Waals surface area contributed by atoms with Crippen LogP contribution in [0.3, 0.4) is 0 Å². The van der Waals surface area contributed by atoms with Gasteiger partial charge in [-0.3, -0.25) is 10.00 Å². The van der Waals surface area contributed by atoms with Crippen molar-refractivity contribution in [1.82, 2.24) is 9.78 Å². The average molecular weight is 394 g/mol. The average Bonchev–Trinajstić information content (AvgIpc) is 2.83. The third kappa shape index (κ3) is 6.79. The first-order chi connectivity index (χ1) is 12.5. The topological polar surface area (TPSA) is 65.4 Å². The zero-order valence-corrected chi connectivity index (χ0v) is 17.6. The first-order valence-corrected chi connectivity index (χ1v) is 9.37. The summed E-state index contributed by atoms with van der Waals surface area (Å²) in [7, 11) is 0. The molecule has 1 aromatic heterocycles. The molecule has 7 heteroatoms. The van der Waals surface area contributed by atoms with Gasteiger partial charge in [0.1, 0.15) is 11.4 Å². The van der Waals surface area contributed by atoms with Crippen molar-refractivity contribution in [3.05, 3.63) is 40.5 Å². The molecular weight excluding hydrogens is 366 g/mol. The molecule has 2 rings (SSSR count). The van der Waals surface area contributed by atoms with Gasteiger partial charge in [-0.1, -0.05) is 25.4 Å². The molecule has 0 saturated heterocycles. The second-order valence-electron chi connectivity index (χ2n) is 7.91. The molecule has 148 valence electrons. The molecule has 0 fully saturated rings. The van der Waals surface area contributed by atoms with Gasteiger partial charge in [0, 0.05) is 22.3 Å². The van der Waals surface area contributed by atoms with Crippen LogP contribution in [0.1, 0.15) is 45.9 Å². The quantitative estimate of drug-likeness (QED) is 0.725. The summed E-state index contributed by atoms with van der Waals surface area (Å²) in [5.74, 6) is 1.64. The number of hydrogen-bond acceptors (Lipinski definition) is 4. The van der Waals surface area contributed by atoms with Gasteiger partial charge in [-0.05, 0) is 51.8 Å². The van der Waals surface area contributed by atoms with E-state index in [9.17, 15) is 4.79 Å². The van der Waals surface area contributed by atoms with Gasteiger partial charge in [-0.2, -0.15) is 5.10 Å². The van der Waals surface area contributed by atoms with Crippen LogP contribution >= 0.6 is 11.6 Å². The summed E-state index contributed by atoms with van der Waals surface area (Å²) in [5, 5.41) is 7.75. The van der Waals surface area contributed by atoms with Gasteiger partial charge in [-0.25, -0.2) is 4.79 Å². The lowest BCUT2D eigenvalue weighted by Gasteiger charge is -2.19. The third-order valence-corrected chi connectivity index (χ3v) is 3.76. The highest BCUT2D eigenvalue weighted by molar-refractivity contribution is 6.30. The Labute approximate surface area is 165 Å². The fourth-order valence-electron chi connectivity index (χ4n) is 2.37.